The molecule has 94 valence electrons. The molecule has 0 aliphatic carbocycles. The minimum Gasteiger partial charge on any atom is -0.387 e. The Kier molecular flexibility index (Phi) is 4.70. The minimum atomic E-state index is -0.877. The van der Waals surface area contributed by atoms with Crippen molar-refractivity contribution in [3.8, 4) is 0 Å². The molecule has 3 N–H and O–H groups in total. The van der Waals surface area contributed by atoms with Gasteiger partial charge in [0.1, 0.15) is 0 Å². The predicted octanol–water partition coefficient (Wildman–Crippen LogP) is -0.833. The number of aliphatic hydroxyl groups is 1. The van der Waals surface area contributed by atoms with Crippen LogP contribution in [0.1, 0.15) is 19.8 Å². The zero-order valence-corrected chi connectivity index (χ0v) is 10.4. The van der Waals surface area contributed by atoms with E-state index >= 15 is 0 Å². The van der Waals surface area contributed by atoms with Gasteiger partial charge < -0.3 is 20.6 Å². The van der Waals surface area contributed by atoms with Gasteiger partial charge >= 0.3 is 0 Å². The van der Waals surface area contributed by atoms with E-state index in [-0.39, 0.29) is 11.9 Å². The summed E-state index contributed by atoms with van der Waals surface area (Å²) in [7, 11) is 3.80. The first kappa shape index (κ1) is 13.4. The van der Waals surface area contributed by atoms with E-state index in [2.05, 4.69) is 10.6 Å². The summed E-state index contributed by atoms with van der Waals surface area (Å²) in [6.45, 7) is 3.47. The Morgan fingerprint density at radius 2 is 2.31 bits per heavy atom. The molecule has 0 spiro atoms. The molecule has 1 heterocycles. The Balaban J connectivity index is 2.29. The molecule has 5 nitrogen and oxygen atoms in total. The molecular formula is C11H23N3O2. The molecule has 16 heavy (non-hydrogen) atoms. The molecule has 0 radical (unpaired) electrons. The van der Waals surface area contributed by atoms with Crippen molar-refractivity contribution in [3.05, 3.63) is 0 Å². The van der Waals surface area contributed by atoms with Crippen molar-refractivity contribution < 1.29 is 9.90 Å². The average Bonchev–Trinajstić information content (AvgIpc) is 2.64. The lowest BCUT2D eigenvalue weighted by Crippen LogP contribution is -2.50. The molecule has 1 rings (SSSR count). The maximum Gasteiger partial charge on any atom is 0.237 e. The third kappa shape index (κ3) is 4.47. The second-order valence-corrected chi connectivity index (χ2v) is 5.10. The van der Waals surface area contributed by atoms with Gasteiger partial charge in [-0.05, 0) is 40.4 Å². The number of carbonyl (C=O) groups excluding carboxylic acids is 1. The van der Waals surface area contributed by atoms with Gasteiger partial charge in [0.2, 0.25) is 5.91 Å². The zero-order valence-electron chi connectivity index (χ0n) is 10.4. The summed E-state index contributed by atoms with van der Waals surface area (Å²) in [4.78, 5) is 13.6. The lowest BCUT2D eigenvalue weighted by Gasteiger charge is -2.27. The van der Waals surface area contributed by atoms with Gasteiger partial charge in [-0.15, -0.1) is 0 Å². The summed E-state index contributed by atoms with van der Waals surface area (Å²) in [6, 6.07) is -0.0739. The highest BCUT2D eigenvalue weighted by molar-refractivity contribution is 5.82. The first-order chi connectivity index (χ1) is 7.41. The maximum atomic E-state index is 11.7. The van der Waals surface area contributed by atoms with Crippen molar-refractivity contribution in [1.29, 1.82) is 0 Å². The number of nitrogens with zero attached hydrogens (tertiary/aromatic N) is 1. The van der Waals surface area contributed by atoms with Gasteiger partial charge in [-0.25, -0.2) is 0 Å². The first-order valence-corrected chi connectivity index (χ1v) is 5.79. The summed E-state index contributed by atoms with van der Waals surface area (Å²) < 4.78 is 0. The standard InChI is InChI=1S/C11H23N3O2/c1-11(16,8-14(2)3)7-13-10(15)9-5-4-6-12-9/h9,12,16H,4-8H2,1-3H3,(H,13,15)/t9-,11?/m0/s1. The Hall–Kier alpha value is -0.650. The second kappa shape index (κ2) is 5.61. The largest absolute Gasteiger partial charge is 0.387 e. The van der Waals surface area contributed by atoms with Gasteiger partial charge in [0.15, 0.2) is 0 Å². The van der Waals surface area contributed by atoms with Crippen molar-refractivity contribution >= 4 is 5.91 Å². The van der Waals surface area contributed by atoms with E-state index in [0.717, 1.165) is 19.4 Å². The molecule has 0 saturated carbocycles. The zero-order chi connectivity index (χ0) is 12.2. The van der Waals surface area contributed by atoms with Crippen LogP contribution in [-0.2, 0) is 4.79 Å². The van der Waals surface area contributed by atoms with Gasteiger partial charge in [0, 0.05) is 13.1 Å². The number of hydrogen-bond acceptors (Lipinski definition) is 4. The van der Waals surface area contributed by atoms with Gasteiger partial charge in [0.05, 0.1) is 11.6 Å². The Labute approximate surface area is 97.2 Å². The molecule has 0 aromatic heterocycles. The molecule has 1 amide bonds. The Morgan fingerprint density at radius 3 is 2.81 bits per heavy atom. The van der Waals surface area contributed by atoms with Crippen molar-refractivity contribution in [1.82, 2.24) is 15.5 Å². The lowest BCUT2D eigenvalue weighted by atomic mass is 10.1. The van der Waals surface area contributed by atoms with Gasteiger partial charge in [0.25, 0.3) is 0 Å². The summed E-state index contributed by atoms with van der Waals surface area (Å²) in [5.74, 6) is -0.00321. The van der Waals surface area contributed by atoms with Crippen molar-refractivity contribution in [3.63, 3.8) is 0 Å². The van der Waals surface area contributed by atoms with Crippen LogP contribution in [0.5, 0.6) is 0 Å². The van der Waals surface area contributed by atoms with E-state index in [9.17, 15) is 9.90 Å². The van der Waals surface area contributed by atoms with Crippen molar-refractivity contribution in [2.45, 2.75) is 31.4 Å². The molecule has 1 aliphatic rings. The van der Waals surface area contributed by atoms with Crippen LogP contribution in [0.3, 0.4) is 0 Å². The van der Waals surface area contributed by atoms with Gasteiger partial charge in [-0.2, -0.15) is 0 Å². The third-order valence-corrected chi connectivity index (χ3v) is 2.68. The van der Waals surface area contributed by atoms with E-state index in [1.54, 1.807) is 6.92 Å². The minimum absolute atomic E-state index is 0.00321. The molecule has 1 fully saturated rings. The summed E-state index contributed by atoms with van der Waals surface area (Å²) >= 11 is 0. The fourth-order valence-electron chi connectivity index (χ4n) is 2.05. The maximum absolute atomic E-state index is 11.7. The molecule has 2 atom stereocenters. The third-order valence-electron chi connectivity index (χ3n) is 2.68. The molecule has 5 heteroatoms. The van der Waals surface area contributed by atoms with Crippen molar-refractivity contribution in [2.75, 3.05) is 33.7 Å². The predicted molar refractivity (Wildman–Crippen MR) is 63.2 cm³/mol. The fraction of sp³-hybridized carbons (Fsp3) is 0.909. The molecule has 1 aliphatic heterocycles. The Morgan fingerprint density at radius 1 is 1.62 bits per heavy atom. The number of amides is 1. The van der Waals surface area contributed by atoms with Crippen LogP contribution in [0.15, 0.2) is 0 Å². The SMILES string of the molecule is CN(C)CC(C)(O)CNC(=O)[C@@H]1CCCN1. The van der Waals surface area contributed by atoms with Crippen molar-refractivity contribution in [2.24, 2.45) is 0 Å². The molecule has 1 saturated heterocycles. The second-order valence-electron chi connectivity index (χ2n) is 5.10. The quantitative estimate of drug-likeness (QED) is 0.575. The van der Waals surface area contributed by atoms with Crippen LogP contribution in [0.4, 0.5) is 0 Å². The summed E-state index contributed by atoms with van der Waals surface area (Å²) in [5.41, 5.74) is -0.877. The summed E-state index contributed by atoms with van der Waals surface area (Å²) in [5, 5.41) is 15.9. The monoisotopic (exact) mass is 229 g/mol. The highest BCUT2D eigenvalue weighted by Crippen LogP contribution is 2.06. The fourth-order valence-corrected chi connectivity index (χ4v) is 2.05. The number of hydrogen-bond donors (Lipinski definition) is 3. The average molecular weight is 229 g/mol. The molecule has 0 aromatic rings. The van der Waals surface area contributed by atoms with E-state index in [1.807, 2.05) is 19.0 Å². The smallest absolute Gasteiger partial charge is 0.237 e. The number of rotatable bonds is 5. The van der Waals surface area contributed by atoms with Crippen LogP contribution < -0.4 is 10.6 Å². The topological polar surface area (TPSA) is 64.6 Å². The van der Waals surface area contributed by atoms with E-state index in [4.69, 9.17) is 0 Å². The van der Waals surface area contributed by atoms with E-state index in [1.165, 1.54) is 0 Å². The number of carbonyl (C=O) groups is 1. The molecule has 1 unspecified atom stereocenters. The van der Waals surface area contributed by atoms with Crippen LogP contribution >= 0.6 is 0 Å². The highest BCUT2D eigenvalue weighted by Gasteiger charge is 2.26. The summed E-state index contributed by atoms with van der Waals surface area (Å²) in [6.07, 6.45) is 1.94. The Bertz CT molecular complexity index is 235. The van der Waals surface area contributed by atoms with E-state index in [0.29, 0.717) is 13.1 Å². The molecule has 0 bridgehead atoms. The number of nitrogens with one attached hydrogen (secondary N) is 2. The van der Waals surface area contributed by atoms with Crippen LogP contribution in [0.25, 0.3) is 0 Å². The molecule has 0 aromatic carbocycles. The first-order valence-electron chi connectivity index (χ1n) is 5.79. The van der Waals surface area contributed by atoms with Gasteiger partial charge in [-0.3, -0.25) is 4.79 Å². The highest BCUT2D eigenvalue weighted by atomic mass is 16.3. The van der Waals surface area contributed by atoms with Gasteiger partial charge in [-0.1, -0.05) is 0 Å². The van der Waals surface area contributed by atoms with Crippen LogP contribution in [0.2, 0.25) is 0 Å². The van der Waals surface area contributed by atoms with Crippen LogP contribution in [-0.4, -0.2) is 61.3 Å². The lowest BCUT2D eigenvalue weighted by molar-refractivity contribution is -0.124. The normalized spacial score (nSPS) is 24.4. The van der Waals surface area contributed by atoms with Crippen LogP contribution in [0, 0.1) is 0 Å². The number of likely N-dealkylation sites (N-methyl/N-ethyl adjacent to an activating group) is 1. The molecular weight excluding hydrogens is 206 g/mol. The van der Waals surface area contributed by atoms with E-state index < -0.39 is 5.60 Å².